The first-order valence-corrected chi connectivity index (χ1v) is 12.6. The average Bonchev–Trinajstić information content (AvgIpc) is 2.88. The van der Waals surface area contributed by atoms with Crippen molar-refractivity contribution < 1.29 is 29.7 Å². The normalized spacial score (nSPS) is 23.3. The second-order valence-electron chi connectivity index (χ2n) is 10.0. The number of aliphatic hydroxyl groups excluding tert-OH is 1. The molecule has 1 saturated carbocycles. The number of phenols is 1. The van der Waals surface area contributed by atoms with Gasteiger partial charge in [0.05, 0.1) is 6.04 Å². The number of carboxylic acid groups (broad SMARTS) is 1. The molecule has 36 heavy (non-hydrogen) atoms. The predicted octanol–water partition coefficient (Wildman–Crippen LogP) is 2.89. The van der Waals surface area contributed by atoms with Crippen LogP contribution in [0.25, 0.3) is 0 Å². The zero-order valence-corrected chi connectivity index (χ0v) is 20.5. The maximum absolute atomic E-state index is 13.6. The molecule has 4 N–H and O–H groups in total. The van der Waals surface area contributed by atoms with Crippen molar-refractivity contribution >= 4 is 17.8 Å². The van der Waals surface area contributed by atoms with E-state index in [0.717, 1.165) is 31.2 Å². The van der Waals surface area contributed by atoms with Crippen LogP contribution in [0.1, 0.15) is 53.6 Å². The number of hydrogen-bond acceptors (Lipinski definition) is 5. The number of piperidine rings is 1. The van der Waals surface area contributed by atoms with E-state index in [1.807, 2.05) is 30.3 Å². The van der Waals surface area contributed by atoms with Crippen LogP contribution in [-0.2, 0) is 16.0 Å². The number of aliphatic carboxylic acids is 1. The Morgan fingerprint density at radius 3 is 2.42 bits per heavy atom. The van der Waals surface area contributed by atoms with Crippen LogP contribution < -0.4 is 5.32 Å². The zero-order valence-electron chi connectivity index (χ0n) is 20.5. The molecule has 0 unspecified atom stereocenters. The summed E-state index contributed by atoms with van der Waals surface area (Å²) in [5.41, 5.74) is 1.43. The quantitative estimate of drug-likeness (QED) is 0.469. The number of aromatic hydroxyl groups is 1. The highest BCUT2D eigenvalue weighted by molar-refractivity contribution is 5.97. The van der Waals surface area contributed by atoms with Crippen molar-refractivity contribution in [1.29, 1.82) is 0 Å². The summed E-state index contributed by atoms with van der Waals surface area (Å²) >= 11 is 0. The summed E-state index contributed by atoms with van der Waals surface area (Å²) in [7, 11) is 0. The molecule has 2 aliphatic rings. The van der Waals surface area contributed by atoms with Crippen molar-refractivity contribution in [3.05, 3.63) is 65.2 Å². The van der Waals surface area contributed by atoms with E-state index >= 15 is 0 Å². The van der Waals surface area contributed by atoms with Crippen LogP contribution >= 0.6 is 0 Å². The molecular formula is C28H34N2O6. The predicted molar refractivity (Wildman–Crippen MR) is 133 cm³/mol. The highest BCUT2D eigenvalue weighted by Gasteiger charge is 2.44. The molecule has 0 aromatic heterocycles. The minimum Gasteiger partial charge on any atom is -0.508 e. The van der Waals surface area contributed by atoms with E-state index in [0.29, 0.717) is 18.5 Å². The molecular weight excluding hydrogens is 460 g/mol. The van der Waals surface area contributed by atoms with Crippen molar-refractivity contribution in [1.82, 2.24) is 10.2 Å². The Labute approximate surface area is 210 Å². The van der Waals surface area contributed by atoms with Crippen molar-refractivity contribution in [2.24, 2.45) is 11.8 Å². The fourth-order valence-corrected chi connectivity index (χ4v) is 5.67. The van der Waals surface area contributed by atoms with Crippen molar-refractivity contribution in [3.8, 4) is 5.75 Å². The summed E-state index contributed by atoms with van der Waals surface area (Å²) in [5, 5.41) is 33.9. The summed E-state index contributed by atoms with van der Waals surface area (Å²) in [6.45, 7) is 1.92. The molecule has 2 aromatic rings. The molecule has 5 atom stereocenters. The average molecular weight is 495 g/mol. The van der Waals surface area contributed by atoms with Crippen LogP contribution in [0.3, 0.4) is 0 Å². The van der Waals surface area contributed by atoms with Crippen LogP contribution in [0.2, 0.25) is 0 Å². The van der Waals surface area contributed by atoms with Gasteiger partial charge in [0.15, 0.2) is 6.10 Å². The largest absolute Gasteiger partial charge is 0.508 e. The second-order valence-corrected chi connectivity index (χ2v) is 10.0. The lowest BCUT2D eigenvalue weighted by atomic mass is 9.72. The Kier molecular flexibility index (Phi) is 7.94. The number of nitrogens with zero attached hydrogens (tertiary/aromatic N) is 1. The minimum absolute atomic E-state index is 0.0291. The van der Waals surface area contributed by atoms with Gasteiger partial charge in [0.25, 0.3) is 11.8 Å². The van der Waals surface area contributed by atoms with Crippen LogP contribution in [0.4, 0.5) is 0 Å². The highest BCUT2D eigenvalue weighted by Crippen LogP contribution is 2.39. The number of benzene rings is 2. The smallest absolute Gasteiger partial charge is 0.326 e. The van der Waals surface area contributed by atoms with Crippen molar-refractivity contribution in [2.45, 2.75) is 63.6 Å². The summed E-state index contributed by atoms with van der Waals surface area (Å²) in [4.78, 5) is 40.1. The number of carbonyl (C=O) groups excluding carboxylic acids is 2. The van der Waals surface area contributed by atoms with E-state index in [-0.39, 0.29) is 29.6 Å². The second kappa shape index (κ2) is 11.1. The van der Waals surface area contributed by atoms with Gasteiger partial charge in [0, 0.05) is 17.7 Å². The number of rotatable bonds is 7. The highest BCUT2D eigenvalue weighted by atomic mass is 16.4. The number of nitrogens with one attached hydrogen (secondary N) is 1. The van der Waals surface area contributed by atoms with Crippen molar-refractivity contribution in [2.75, 3.05) is 6.54 Å². The standard InChI is InChI=1S/C28H34N2O6/c1-17-21(12-7-13-24(17)31)26(33)29-22(14-18-8-3-2-4-9-18)25(32)27(34)30-16-20-11-6-5-10-19(20)15-23(30)28(35)36/h2-4,7-9,12-13,19-20,22-23,25,31-32H,5-6,10-11,14-16H2,1H3,(H,29,33)(H,35,36)/t19-,20+,22-,23-,25-/m0/s1. The van der Waals surface area contributed by atoms with E-state index < -0.39 is 36.0 Å². The number of aliphatic hydroxyl groups is 1. The van der Waals surface area contributed by atoms with Gasteiger partial charge < -0.3 is 25.5 Å². The summed E-state index contributed by atoms with van der Waals surface area (Å²) < 4.78 is 0. The maximum Gasteiger partial charge on any atom is 0.326 e. The van der Waals surface area contributed by atoms with Gasteiger partial charge in [-0.25, -0.2) is 4.79 Å². The third kappa shape index (κ3) is 5.54. The molecule has 4 rings (SSSR count). The van der Waals surface area contributed by atoms with Crippen LogP contribution in [0.5, 0.6) is 5.75 Å². The molecule has 2 aromatic carbocycles. The lowest BCUT2D eigenvalue weighted by Crippen LogP contribution is -2.60. The molecule has 1 aliphatic carbocycles. The third-order valence-corrected chi connectivity index (χ3v) is 7.77. The van der Waals surface area contributed by atoms with Gasteiger partial charge in [-0.3, -0.25) is 9.59 Å². The molecule has 8 nitrogen and oxygen atoms in total. The fourth-order valence-electron chi connectivity index (χ4n) is 5.67. The topological polar surface area (TPSA) is 127 Å². The summed E-state index contributed by atoms with van der Waals surface area (Å²) in [5.74, 6) is -1.81. The molecule has 1 saturated heterocycles. The molecule has 192 valence electrons. The van der Waals surface area contributed by atoms with E-state index in [2.05, 4.69) is 5.32 Å². The van der Waals surface area contributed by atoms with Crippen LogP contribution in [0, 0.1) is 18.8 Å². The first-order chi connectivity index (χ1) is 17.3. The van der Waals surface area contributed by atoms with Gasteiger partial charge in [0.1, 0.15) is 11.8 Å². The molecule has 2 fully saturated rings. The number of hydrogen-bond donors (Lipinski definition) is 4. The Morgan fingerprint density at radius 1 is 1.03 bits per heavy atom. The zero-order chi connectivity index (χ0) is 25.8. The molecule has 1 heterocycles. The van der Waals surface area contributed by atoms with E-state index in [9.17, 15) is 29.7 Å². The molecule has 2 amide bonds. The maximum atomic E-state index is 13.6. The number of fused-ring (bicyclic) bond motifs is 1. The van der Waals surface area contributed by atoms with Crippen LogP contribution in [-0.4, -0.2) is 62.7 Å². The first kappa shape index (κ1) is 25.7. The fraction of sp³-hybridized carbons (Fsp3) is 0.464. The van der Waals surface area contributed by atoms with Gasteiger partial charge in [-0.05, 0) is 55.7 Å². The minimum atomic E-state index is -1.63. The van der Waals surface area contributed by atoms with Gasteiger partial charge in [-0.15, -0.1) is 0 Å². The number of amides is 2. The Balaban J connectivity index is 1.59. The van der Waals surface area contributed by atoms with Crippen LogP contribution in [0.15, 0.2) is 48.5 Å². The lowest BCUT2D eigenvalue weighted by Gasteiger charge is -2.45. The molecule has 8 heteroatoms. The van der Waals surface area contributed by atoms with E-state index in [1.165, 1.54) is 11.0 Å². The molecule has 0 spiro atoms. The first-order valence-electron chi connectivity index (χ1n) is 12.6. The summed E-state index contributed by atoms with van der Waals surface area (Å²) in [6.07, 6.45) is 2.97. The van der Waals surface area contributed by atoms with E-state index in [4.69, 9.17) is 0 Å². The third-order valence-electron chi connectivity index (χ3n) is 7.77. The Bertz CT molecular complexity index is 1100. The number of likely N-dealkylation sites (tertiary alicyclic amines) is 1. The Morgan fingerprint density at radius 2 is 1.72 bits per heavy atom. The van der Waals surface area contributed by atoms with E-state index in [1.54, 1.807) is 19.1 Å². The summed E-state index contributed by atoms with van der Waals surface area (Å²) in [6, 6.07) is 11.8. The molecule has 1 aliphatic heterocycles. The SMILES string of the molecule is Cc1c(O)cccc1C(=O)N[C@@H](Cc1ccccc1)[C@H](O)C(=O)N1C[C@H]2CCCC[C@H]2C[C@H]1C(=O)O. The van der Waals surface area contributed by atoms with Gasteiger partial charge in [-0.2, -0.15) is 0 Å². The molecule has 0 bridgehead atoms. The number of phenolic OH excluding ortho intramolecular Hbond substituents is 1. The number of carbonyl (C=O) groups is 3. The Hall–Kier alpha value is -3.39. The van der Waals surface area contributed by atoms with Gasteiger partial charge in [0.2, 0.25) is 0 Å². The van der Waals surface area contributed by atoms with Crippen molar-refractivity contribution in [3.63, 3.8) is 0 Å². The monoisotopic (exact) mass is 494 g/mol. The molecule has 0 radical (unpaired) electrons. The number of carboxylic acids is 1. The lowest BCUT2D eigenvalue weighted by molar-refractivity contribution is -0.160. The van der Waals surface area contributed by atoms with Gasteiger partial charge >= 0.3 is 5.97 Å². The van der Waals surface area contributed by atoms with Gasteiger partial charge in [-0.1, -0.05) is 55.7 Å².